The lowest BCUT2D eigenvalue weighted by Crippen LogP contribution is -2.11. The first kappa shape index (κ1) is 29.1. The monoisotopic (exact) mass is 653 g/mol. The molecule has 0 bridgehead atoms. The molecule has 3 nitrogen and oxygen atoms in total. The van der Waals surface area contributed by atoms with Crippen LogP contribution in [0.1, 0.15) is 0 Å². The maximum Gasteiger partial charge on any atom is 0.159 e. The number of hydrogen-bond donors (Lipinski definition) is 0. The lowest BCUT2D eigenvalue weighted by Gasteiger charge is -2.28. The van der Waals surface area contributed by atoms with Crippen LogP contribution in [0.15, 0.2) is 197 Å². The van der Waals surface area contributed by atoms with Crippen LogP contribution in [0.4, 0.5) is 17.1 Å². The highest BCUT2D eigenvalue weighted by molar-refractivity contribution is 6.24. The van der Waals surface area contributed by atoms with E-state index in [1.165, 1.54) is 11.1 Å². The summed E-state index contributed by atoms with van der Waals surface area (Å²) in [5.41, 5.74) is 13.2. The van der Waals surface area contributed by atoms with E-state index < -0.39 is 0 Å². The minimum Gasteiger partial charge on any atom is -0.456 e. The molecule has 0 spiro atoms. The molecule has 51 heavy (non-hydrogen) atoms. The fraction of sp³-hybridized carbons (Fsp3) is 0. The molecule has 0 saturated heterocycles. The summed E-state index contributed by atoms with van der Waals surface area (Å²) in [7, 11) is 0. The highest BCUT2D eigenvalue weighted by atomic mass is 16.3. The van der Waals surface area contributed by atoms with Crippen molar-refractivity contribution in [1.29, 1.82) is 0 Å². The van der Waals surface area contributed by atoms with Crippen LogP contribution in [-0.2, 0) is 0 Å². The molecule has 3 heteroatoms. The summed E-state index contributed by atoms with van der Waals surface area (Å²) >= 11 is 0. The molecule has 0 aliphatic heterocycles. The number of nitrogens with zero attached hydrogens (tertiary/aromatic N) is 1. The van der Waals surface area contributed by atoms with E-state index in [4.69, 9.17) is 8.83 Å². The van der Waals surface area contributed by atoms with E-state index in [2.05, 4.69) is 181 Å². The Morgan fingerprint density at radius 2 is 0.941 bits per heavy atom. The Bertz CT molecular complexity index is 2830. The third-order valence-corrected chi connectivity index (χ3v) is 9.87. The fourth-order valence-electron chi connectivity index (χ4n) is 7.55. The summed E-state index contributed by atoms with van der Waals surface area (Å²) in [5, 5.41) is 4.19. The summed E-state index contributed by atoms with van der Waals surface area (Å²) < 4.78 is 13.7. The molecule has 0 aliphatic rings. The molecule has 2 heterocycles. The van der Waals surface area contributed by atoms with Gasteiger partial charge in [-0.15, -0.1) is 0 Å². The van der Waals surface area contributed by atoms with Gasteiger partial charge in [-0.3, -0.25) is 0 Å². The second kappa shape index (κ2) is 11.9. The first-order chi connectivity index (χ1) is 25.3. The molecule has 8 aromatic carbocycles. The highest BCUT2D eigenvalue weighted by Crippen LogP contribution is 2.49. The average molecular weight is 654 g/mol. The minimum absolute atomic E-state index is 0.816. The first-order valence-corrected chi connectivity index (χ1v) is 17.3. The van der Waals surface area contributed by atoms with Crippen molar-refractivity contribution in [1.82, 2.24) is 0 Å². The smallest absolute Gasteiger partial charge is 0.159 e. The van der Waals surface area contributed by atoms with Crippen LogP contribution in [0.3, 0.4) is 0 Å². The fourth-order valence-corrected chi connectivity index (χ4v) is 7.55. The molecule has 2 aromatic heterocycles. The Labute approximate surface area is 295 Å². The van der Waals surface area contributed by atoms with Crippen LogP contribution < -0.4 is 4.90 Å². The zero-order valence-corrected chi connectivity index (χ0v) is 27.7. The number of hydrogen-bond acceptors (Lipinski definition) is 3. The maximum atomic E-state index is 7.17. The quantitative estimate of drug-likeness (QED) is 0.179. The van der Waals surface area contributed by atoms with E-state index in [-0.39, 0.29) is 0 Å². The summed E-state index contributed by atoms with van der Waals surface area (Å²) in [4.78, 5) is 2.34. The van der Waals surface area contributed by atoms with Crippen LogP contribution in [0, 0.1) is 0 Å². The van der Waals surface area contributed by atoms with Gasteiger partial charge >= 0.3 is 0 Å². The van der Waals surface area contributed by atoms with E-state index >= 15 is 0 Å². The van der Waals surface area contributed by atoms with Gasteiger partial charge in [0.1, 0.15) is 16.7 Å². The molecule has 0 unspecified atom stereocenters. The largest absolute Gasteiger partial charge is 0.456 e. The standard InChI is InChI=1S/C48H31NO2/c1-4-15-32(16-5-1)33-27-29-36(30-28-33)49(41-24-12-10-21-37(41)34-17-6-2-7-18-34)42-25-14-23-38-40-31-44-46(39-22-11-13-26-43(39)50-44)45(48(40)51-47(38)42)35-19-8-3-9-20-35/h1-31H. The molecular weight excluding hydrogens is 623 g/mol. The highest BCUT2D eigenvalue weighted by Gasteiger charge is 2.25. The number of rotatable bonds is 6. The SMILES string of the molecule is c1ccc(-c2ccc(N(c3ccccc3-c3ccccc3)c3cccc4c3oc3c(-c5ccccc5)c5c(cc34)oc3ccccc35)cc2)cc1. The number of furan rings is 2. The zero-order chi connectivity index (χ0) is 33.7. The van der Waals surface area contributed by atoms with Gasteiger partial charge in [-0.05, 0) is 58.7 Å². The molecule has 10 aromatic rings. The maximum absolute atomic E-state index is 7.17. The van der Waals surface area contributed by atoms with Crippen LogP contribution in [0.5, 0.6) is 0 Å². The second-order valence-corrected chi connectivity index (χ2v) is 12.9. The van der Waals surface area contributed by atoms with Crippen molar-refractivity contribution >= 4 is 60.9 Å². The van der Waals surface area contributed by atoms with Crippen LogP contribution in [0.25, 0.3) is 77.3 Å². The predicted molar refractivity (Wildman–Crippen MR) is 212 cm³/mol. The number of benzene rings is 8. The summed E-state index contributed by atoms with van der Waals surface area (Å²) in [6.07, 6.45) is 0. The molecule has 0 amide bonds. The number of anilines is 3. The van der Waals surface area contributed by atoms with Gasteiger partial charge < -0.3 is 13.7 Å². The molecule has 0 atom stereocenters. The molecule has 10 rings (SSSR count). The molecule has 0 fully saturated rings. The van der Waals surface area contributed by atoms with Gasteiger partial charge in [0, 0.05) is 38.4 Å². The van der Waals surface area contributed by atoms with Crippen molar-refractivity contribution < 1.29 is 8.83 Å². The van der Waals surface area contributed by atoms with Crippen molar-refractivity contribution in [3.63, 3.8) is 0 Å². The summed E-state index contributed by atoms with van der Waals surface area (Å²) in [6, 6.07) is 65.9. The molecule has 0 saturated carbocycles. The van der Waals surface area contributed by atoms with Gasteiger partial charge in [0.2, 0.25) is 0 Å². The average Bonchev–Trinajstić information content (AvgIpc) is 3.77. The lowest BCUT2D eigenvalue weighted by molar-refractivity contribution is 0.665. The van der Waals surface area contributed by atoms with Crippen LogP contribution in [0.2, 0.25) is 0 Å². The van der Waals surface area contributed by atoms with Gasteiger partial charge in [-0.1, -0.05) is 152 Å². The molecule has 0 radical (unpaired) electrons. The second-order valence-electron chi connectivity index (χ2n) is 12.9. The van der Waals surface area contributed by atoms with E-state index in [9.17, 15) is 0 Å². The molecular formula is C48H31NO2. The van der Waals surface area contributed by atoms with Gasteiger partial charge in [0.15, 0.2) is 5.58 Å². The normalized spacial score (nSPS) is 11.5. The Morgan fingerprint density at radius 1 is 0.353 bits per heavy atom. The minimum atomic E-state index is 0.816. The lowest BCUT2D eigenvalue weighted by atomic mass is 9.96. The summed E-state index contributed by atoms with van der Waals surface area (Å²) in [6.45, 7) is 0. The number of para-hydroxylation sites is 3. The van der Waals surface area contributed by atoms with E-state index in [0.717, 1.165) is 83.2 Å². The molecule has 0 aliphatic carbocycles. The van der Waals surface area contributed by atoms with Gasteiger partial charge in [0.25, 0.3) is 0 Å². The van der Waals surface area contributed by atoms with E-state index in [1.807, 2.05) is 12.1 Å². The predicted octanol–water partition coefficient (Wildman–Crippen LogP) is 14.0. The summed E-state index contributed by atoms with van der Waals surface area (Å²) in [5.74, 6) is 0. The van der Waals surface area contributed by atoms with Gasteiger partial charge in [0.05, 0.1) is 11.4 Å². The van der Waals surface area contributed by atoms with Gasteiger partial charge in [-0.2, -0.15) is 0 Å². The Balaban J connectivity index is 1.27. The first-order valence-electron chi connectivity index (χ1n) is 17.3. The number of fused-ring (bicyclic) bond motifs is 6. The topological polar surface area (TPSA) is 29.5 Å². The van der Waals surface area contributed by atoms with Crippen molar-refractivity contribution in [3.05, 3.63) is 188 Å². The zero-order valence-electron chi connectivity index (χ0n) is 27.7. The Hall–Kier alpha value is -6.84. The van der Waals surface area contributed by atoms with Crippen LogP contribution in [-0.4, -0.2) is 0 Å². The Kier molecular flexibility index (Phi) is 6.81. The van der Waals surface area contributed by atoms with Crippen molar-refractivity contribution in [3.8, 4) is 33.4 Å². The molecule has 240 valence electrons. The van der Waals surface area contributed by atoms with Crippen molar-refractivity contribution in [2.45, 2.75) is 0 Å². The molecule has 0 N–H and O–H groups in total. The van der Waals surface area contributed by atoms with Gasteiger partial charge in [-0.25, -0.2) is 0 Å². The van der Waals surface area contributed by atoms with Crippen molar-refractivity contribution in [2.75, 3.05) is 4.90 Å². The van der Waals surface area contributed by atoms with Crippen molar-refractivity contribution in [2.24, 2.45) is 0 Å². The third-order valence-electron chi connectivity index (χ3n) is 9.87. The van der Waals surface area contributed by atoms with E-state index in [0.29, 0.717) is 0 Å². The Morgan fingerprint density at radius 3 is 1.71 bits per heavy atom. The van der Waals surface area contributed by atoms with E-state index in [1.54, 1.807) is 0 Å². The van der Waals surface area contributed by atoms with Crippen LogP contribution >= 0.6 is 0 Å². The third kappa shape index (κ3) is 4.82.